The van der Waals surface area contributed by atoms with E-state index in [9.17, 15) is 18.0 Å². The molecule has 2 nitrogen and oxygen atoms in total. The maximum atomic E-state index is 13.4. The maximum Gasteiger partial charge on any atom is 0.288 e. The summed E-state index contributed by atoms with van der Waals surface area (Å²) in [6.07, 6.45) is 0. The Morgan fingerprint density at radius 3 is 2.43 bits per heavy atom. The number of amides is 1. The second-order valence-electron chi connectivity index (χ2n) is 3.96. The number of alkyl halides is 2. The van der Waals surface area contributed by atoms with Gasteiger partial charge < -0.3 is 5.32 Å². The fourth-order valence-corrected chi connectivity index (χ4v) is 2.54. The zero-order chi connectivity index (χ0) is 15.4. The molecule has 0 atom stereocenters. The molecule has 0 unspecified atom stereocenters. The molecular weight excluding hydrogens is 367 g/mol. The number of benzene rings is 2. The Morgan fingerprint density at radius 1 is 1.14 bits per heavy atom. The summed E-state index contributed by atoms with van der Waals surface area (Å²) in [6, 6.07) is 10.1. The van der Waals surface area contributed by atoms with Crippen molar-refractivity contribution in [3.63, 3.8) is 0 Å². The summed E-state index contributed by atoms with van der Waals surface area (Å²) < 4.78 is 37.8. The Kier molecular flexibility index (Phi) is 5.30. The van der Waals surface area contributed by atoms with Crippen molar-refractivity contribution >= 4 is 39.3 Å². The number of hydrogen-bond acceptors (Lipinski definition) is 2. The van der Waals surface area contributed by atoms with E-state index in [1.54, 1.807) is 0 Å². The molecule has 7 heteroatoms. The molecule has 2 rings (SSSR count). The fraction of sp³-hybridized carbons (Fsp3) is 0.0714. The van der Waals surface area contributed by atoms with Crippen molar-refractivity contribution in [1.29, 1.82) is 0 Å². The largest absolute Gasteiger partial charge is 0.322 e. The normalized spacial score (nSPS) is 10.7. The predicted molar refractivity (Wildman–Crippen MR) is 80.4 cm³/mol. The zero-order valence-electron chi connectivity index (χ0n) is 10.4. The van der Waals surface area contributed by atoms with Gasteiger partial charge in [-0.2, -0.15) is 8.78 Å². The number of thioether (sulfide) groups is 1. The van der Waals surface area contributed by atoms with Crippen molar-refractivity contribution in [2.24, 2.45) is 0 Å². The lowest BCUT2D eigenvalue weighted by atomic mass is 10.2. The number of nitrogens with one attached hydrogen (secondary N) is 1. The first-order valence-electron chi connectivity index (χ1n) is 5.77. The Labute approximate surface area is 131 Å². The topological polar surface area (TPSA) is 29.1 Å². The molecule has 21 heavy (non-hydrogen) atoms. The Bertz CT molecular complexity index is 649. The lowest BCUT2D eigenvalue weighted by Crippen LogP contribution is -2.13. The average Bonchev–Trinajstić information content (AvgIpc) is 2.43. The van der Waals surface area contributed by atoms with E-state index >= 15 is 0 Å². The number of carbonyl (C=O) groups excluding carboxylic acids is 1. The standard InChI is InChI=1S/C14H9BrF3NOS/c15-12-10(2-1-3-11(12)16)13(20)19-8-4-6-9(7-5-8)21-14(17)18/h1-7,14H,(H,19,20). The molecule has 0 saturated carbocycles. The second-order valence-corrected chi connectivity index (χ2v) is 5.81. The molecule has 1 amide bonds. The van der Waals surface area contributed by atoms with Crippen LogP contribution in [-0.4, -0.2) is 11.7 Å². The fourth-order valence-electron chi connectivity index (χ4n) is 1.60. The summed E-state index contributed by atoms with van der Waals surface area (Å²) in [5.41, 5.74) is 0.593. The summed E-state index contributed by atoms with van der Waals surface area (Å²) in [5, 5.41) is 2.57. The van der Waals surface area contributed by atoms with E-state index in [4.69, 9.17) is 0 Å². The molecule has 0 saturated heterocycles. The molecule has 0 aliphatic carbocycles. The summed E-state index contributed by atoms with van der Waals surface area (Å²) in [6.45, 7) is 0. The van der Waals surface area contributed by atoms with Gasteiger partial charge in [-0.15, -0.1) is 0 Å². The van der Waals surface area contributed by atoms with E-state index in [-0.39, 0.29) is 10.0 Å². The van der Waals surface area contributed by atoms with E-state index < -0.39 is 17.5 Å². The molecule has 2 aromatic carbocycles. The molecular formula is C14H9BrF3NOS. The van der Waals surface area contributed by atoms with Gasteiger partial charge in [0.15, 0.2) is 0 Å². The van der Waals surface area contributed by atoms with Crippen LogP contribution in [0.2, 0.25) is 0 Å². The lowest BCUT2D eigenvalue weighted by Gasteiger charge is -2.08. The zero-order valence-corrected chi connectivity index (χ0v) is 12.8. The molecule has 1 N–H and O–H groups in total. The van der Waals surface area contributed by atoms with Gasteiger partial charge in [0, 0.05) is 10.6 Å². The second kappa shape index (κ2) is 7.00. The van der Waals surface area contributed by atoms with Crippen molar-refractivity contribution in [2.45, 2.75) is 10.7 Å². The molecule has 0 heterocycles. The molecule has 0 bridgehead atoms. The third-order valence-electron chi connectivity index (χ3n) is 2.53. The predicted octanol–water partition coefficient (Wildman–Crippen LogP) is 5.16. The van der Waals surface area contributed by atoms with Crippen molar-refractivity contribution in [1.82, 2.24) is 0 Å². The monoisotopic (exact) mass is 375 g/mol. The Balaban J connectivity index is 2.11. The Hall–Kier alpha value is -1.47. The highest BCUT2D eigenvalue weighted by Crippen LogP contribution is 2.27. The molecule has 0 aliphatic rings. The highest BCUT2D eigenvalue weighted by Gasteiger charge is 2.13. The van der Waals surface area contributed by atoms with Crippen LogP contribution < -0.4 is 5.32 Å². The molecule has 0 fully saturated rings. The van der Waals surface area contributed by atoms with Crippen LogP contribution in [-0.2, 0) is 0 Å². The quantitative estimate of drug-likeness (QED) is 0.748. The van der Waals surface area contributed by atoms with Gasteiger partial charge in [0.1, 0.15) is 5.82 Å². The van der Waals surface area contributed by atoms with Crippen LogP contribution in [0.4, 0.5) is 18.9 Å². The van der Waals surface area contributed by atoms with Crippen LogP contribution in [0.3, 0.4) is 0 Å². The van der Waals surface area contributed by atoms with Crippen LogP contribution in [0.15, 0.2) is 51.8 Å². The molecule has 0 spiro atoms. The molecule has 0 radical (unpaired) electrons. The molecule has 0 aromatic heterocycles. The van der Waals surface area contributed by atoms with Crippen LogP contribution in [0, 0.1) is 5.82 Å². The van der Waals surface area contributed by atoms with Gasteiger partial charge >= 0.3 is 0 Å². The maximum absolute atomic E-state index is 13.4. The minimum atomic E-state index is -2.49. The number of carbonyl (C=O) groups is 1. The van der Waals surface area contributed by atoms with Gasteiger partial charge in [-0.05, 0) is 52.3 Å². The minimum Gasteiger partial charge on any atom is -0.322 e. The van der Waals surface area contributed by atoms with Gasteiger partial charge in [0.25, 0.3) is 11.7 Å². The molecule has 2 aromatic rings. The first-order chi connectivity index (χ1) is 9.97. The first kappa shape index (κ1) is 15.9. The average molecular weight is 376 g/mol. The van der Waals surface area contributed by atoms with Crippen molar-refractivity contribution in [3.8, 4) is 0 Å². The number of anilines is 1. The summed E-state index contributed by atoms with van der Waals surface area (Å²) in [7, 11) is 0. The molecule has 110 valence electrons. The van der Waals surface area contributed by atoms with Crippen molar-refractivity contribution in [3.05, 3.63) is 58.3 Å². The lowest BCUT2D eigenvalue weighted by molar-refractivity contribution is 0.102. The first-order valence-corrected chi connectivity index (χ1v) is 7.45. The smallest absolute Gasteiger partial charge is 0.288 e. The number of hydrogen-bond donors (Lipinski definition) is 1. The summed E-state index contributed by atoms with van der Waals surface area (Å²) in [5.74, 6) is -3.52. The van der Waals surface area contributed by atoms with Crippen LogP contribution in [0.1, 0.15) is 10.4 Å². The summed E-state index contributed by atoms with van der Waals surface area (Å²) >= 11 is 3.43. The number of halogens is 4. The van der Waals surface area contributed by atoms with E-state index in [1.807, 2.05) is 0 Å². The Morgan fingerprint density at radius 2 is 1.81 bits per heavy atom. The van der Waals surface area contributed by atoms with Gasteiger partial charge in [0.05, 0.1) is 10.0 Å². The number of rotatable bonds is 4. The van der Waals surface area contributed by atoms with Crippen molar-refractivity contribution < 1.29 is 18.0 Å². The van der Waals surface area contributed by atoms with E-state index in [1.165, 1.54) is 42.5 Å². The third kappa shape index (κ3) is 4.25. The van der Waals surface area contributed by atoms with Crippen LogP contribution in [0.25, 0.3) is 0 Å². The van der Waals surface area contributed by atoms with E-state index in [0.29, 0.717) is 22.3 Å². The van der Waals surface area contributed by atoms with Gasteiger partial charge in [-0.25, -0.2) is 4.39 Å². The summed E-state index contributed by atoms with van der Waals surface area (Å²) in [4.78, 5) is 12.4. The van der Waals surface area contributed by atoms with Gasteiger partial charge in [0.2, 0.25) is 0 Å². The van der Waals surface area contributed by atoms with Gasteiger partial charge in [-0.3, -0.25) is 4.79 Å². The van der Waals surface area contributed by atoms with Crippen LogP contribution in [0.5, 0.6) is 0 Å². The third-order valence-corrected chi connectivity index (χ3v) is 4.06. The highest BCUT2D eigenvalue weighted by molar-refractivity contribution is 9.10. The minimum absolute atomic E-state index is 0.0763. The highest BCUT2D eigenvalue weighted by atomic mass is 79.9. The van der Waals surface area contributed by atoms with E-state index in [2.05, 4.69) is 21.2 Å². The molecule has 0 aliphatic heterocycles. The van der Waals surface area contributed by atoms with E-state index in [0.717, 1.165) is 0 Å². The van der Waals surface area contributed by atoms with Crippen LogP contribution >= 0.6 is 27.7 Å². The SMILES string of the molecule is O=C(Nc1ccc(SC(F)F)cc1)c1cccc(F)c1Br. The van der Waals surface area contributed by atoms with Crippen molar-refractivity contribution in [2.75, 3.05) is 5.32 Å². The van der Waals surface area contributed by atoms with Gasteiger partial charge in [-0.1, -0.05) is 17.8 Å².